The number of likely N-dealkylation sites (tertiary alicyclic amines) is 1. The van der Waals surface area contributed by atoms with E-state index in [4.69, 9.17) is 4.74 Å². The number of aryl methyl sites for hydroxylation is 1. The highest BCUT2D eigenvalue weighted by Crippen LogP contribution is 2.11. The summed E-state index contributed by atoms with van der Waals surface area (Å²) in [6, 6.07) is 27.6. The van der Waals surface area contributed by atoms with Crippen molar-refractivity contribution < 1.29 is 9.53 Å². The molecule has 2 heterocycles. The second kappa shape index (κ2) is 14.8. The maximum atomic E-state index is 11.3. The maximum Gasteiger partial charge on any atom is 0.326 e. The van der Waals surface area contributed by atoms with Crippen LogP contribution < -0.4 is 5.56 Å². The Kier molecular flexibility index (Phi) is 11.6. The van der Waals surface area contributed by atoms with Gasteiger partial charge in [-0.25, -0.2) is 0 Å². The van der Waals surface area contributed by atoms with E-state index in [-0.39, 0.29) is 18.1 Å². The molecule has 0 saturated carbocycles. The van der Waals surface area contributed by atoms with Crippen molar-refractivity contribution in [3.05, 3.63) is 107 Å². The first kappa shape index (κ1) is 25.1. The molecule has 5 nitrogen and oxygen atoms in total. The molecule has 1 aliphatic heterocycles. The molecule has 1 fully saturated rings. The largest absolute Gasteiger partial charge is 0.465 e. The number of carbonyl (C=O) groups excluding carboxylic acids is 1. The fourth-order valence-corrected chi connectivity index (χ4v) is 3.33. The van der Waals surface area contributed by atoms with Gasteiger partial charge in [0.1, 0.15) is 6.54 Å². The Bertz CT molecular complexity index is 923. The third-order valence-corrected chi connectivity index (χ3v) is 4.97. The molecule has 0 atom stereocenters. The first-order chi connectivity index (χ1) is 15.6. The van der Waals surface area contributed by atoms with E-state index in [1.807, 2.05) is 36.4 Å². The van der Waals surface area contributed by atoms with E-state index in [1.165, 1.54) is 42.1 Å². The van der Waals surface area contributed by atoms with Crippen LogP contribution in [0.25, 0.3) is 0 Å². The third-order valence-electron chi connectivity index (χ3n) is 4.97. The van der Waals surface area contributed by atoms with Gasteiger partial charge in [0.2, 0.25) is 0 Å². The summed E-state index contributed by atoms with van der Waals surface area (Å²) in [6.07, 6.45) is 2.76. The molecule has 0 aliphatic carbocycles. The molecule has 2 aromatic carbocycles. The molecule has 170 valence electrons. The third kappa shape index (κ3) is 9.75. The molecule has 1 aromatic heterocycles. The van der Waals surface area contributed by atoms with Gasteiger partial charge < -0.3 is 9.30 Å². The zero-order valence-electron chi connectivity index (χ0n) is 19.2. The van der Waals surface area contributed by atoms with Gasteiger partial charge in [-0.2, -0.15) is 0 Å². The molecule has 0 N–H and O–H groups in total. The van der Waals surface area contributed by atoms with Crippen LogP contribution in [-0.2, 0) is 22.6 Å². The second-order valence-electron chi connectivity index (χ2n) is 7.52. The first-order valence-corrected chi connectivity index (χ1v) is 11.2. The summed E-state index contributed by atoms with van der Waals surface area (Å²) < 4.78 is 6.14. The van der Waals surface area contributed by atoms with Crippen LogP contribution in [0.2, 0.25) is 0 Å². The average molecular weight is 435 g/mol. The topological polar surface area (TPSA) is 51.5 Å². The monoisotopic (exact) mass is 434 g/mol. The van der Waals surface area contributed by atoms with E-state index in [0.29, 0.717) is 6.61 Å². The van der Waals surface area contributed by atoms with Crippen molar-refractivity contribution in [3.63, 3.8) is 0 Å². The molecular weight excluding hydrogens is 400 g/mol. The quantitative estimate of drug-likeness (QED) is 0.547. The van der Waals surface area contributed by atoms with Gasteiger partial charge in [-0.05, 0) is 51.4 Å². The average Bonchev–Trinajstić information content (AvgIpc) is 3.32. The number of benzene rings is 2. The molecule has 32 heavy (non-hydrogen) atoms. The number of ether oxygens (including phenoxy) is 1. The van der Waals surface area contributed by atoms with Crippen molar-refractivity contribution in [3.8, 4) is 0 Å². The zero-order chi connectivity index (χ0) is 23.0. The van der Waals surface area contributed by atoms with Gasteiger partial charge in [-0.15, -0.1) is 0 Å². The summed E-state index contributed by atoms with van der Waals surface area (Å²) in [4.78, 5) is 25.0. The normalized spacial score (nSPS) is 12.7. The Morgan fingerprint density at radius 3 is 1.94 bits per heavy atom. The van der Waals surface area contributed by atoms with E-state index in [2.05, 4.69) is 35.2 Å². The lowest BCUT2D eigenvalue weighted by molar-refractivity contribution is -0.143. The highest BCUT2D eigenvalue weighted by atomic mass is 16.5. The fraction of sp³-hybridized carbons (Fsp3) is 0.333. The Morgan fingerprint density at radius 1 is 0.844 bits per heavy atom. The molecule has 5 heteroatoms. The van der Waals surface area contributed by atoms with E-state index in [9.17, 15) is 9.59 Å². The number of hydrogen-bond acceptors (Lipinski definition) is 4. The van der Waals surface area contributed by atoms with E-state index < -0.39 is 0 Å². The summed E-state index contributed by atoms with van der Waals surface area (Å²) in [7, 11) is 0. The summed E-state index contributed by atoms with van der Waals surface area (Å²) in [5.41, 5.74) is 2.02. The molecule has 0 spiro atoms. The van der Waals surface area contributed by atoms with Gasteiger partial charge in [0.05, 0.1) is 6.61 Å². The standard InChI is InChI=1S/C11H15N.C10H13NO3.C6H6/c1-2-6-11(7-3-1)10-12-8-4-5-9-12;1-3-14-10(13)7-11-8(2)5-4-6-9(11)12;1-2-4-6-5-3-1/h1-3,6-7H,4-5,8-10H2;4-6H,3,7H2,1-2H3;1-6H. The van der Waals surface area contributed by atoms with Gasteiger partial charge in [-0.1, -0.05) is 72.8 Å². The number of carbonyl (C=O) groups is 1. The van der Waals surface area contributed by atoms with Crippen LogP contribution in [-0.4, -0.2) is 35.1 Å². The second-order valence-corrected chi connectivity index (χ2v) is 7.52. The molecule has 0 amide bonds. The Hall–Kier alpha value is -3.18. The Labute approximate surface area is 191 Å². The van der Waals surface area contributed by atoms with Crippen LogP contribution in [0.5, 0.6) is 0 Å². The minimum absolute atomic E-state index is 0.0145. The highest BCUT2D eigenvalue weighted by Gasteiger charge is 2.10. The van der Waals surface area contributed by atoms with Crippen LogP contribution in [0, 0.1) is 6.92 Å². The summed E-state index contributed by atoms with van der Waals surface area (Å²) in [6.45, 7) is 7.54. The predicted molar refractivity (Wildman–Crippen MR) is 129 cm³/mol. The molecule has 0 radical (unpaired) electrons. The summed E-state index contributed by atoms with van der Waals surface area (Å²) in [5, 5.41) is 0. The van der Waals surface area contributed by atoms with Crippen molar-refractivity contribution in [2.24, 2.45) is 0 Å². The predicted octanol–water partition coefficient (Wildman–Crippen LogP) is 4.69. The molecule has 0 unspecified atom stereocenters. The van der Waals surface area contributed by atoms with Crippen molar-refractivity contribution in [2.45, 2.75) is 39.8 Å². The van der Waals surface area contributed by atoms with E-state index >= 15 is 0 Å². The Morgan fingerprint density at radius 2 is 1.41 bits per heavy atom. The lowest BCUT2D eigenvalue weighted by atomic mass is 10.2. The van der Waals surface area contributed by atoms with Crippen LogP contribution in [0.4, 0.5) is 0 Å². The van der Waals surface area contributed by atoms with Gasteiger partial charge in [-0.3, -0.25) is 14.5 Å². The maximum absolute atomic E-state index is 11.3. The molecule has 4 rings (SSSR count). The van der Waals surface area contributed by atoms with Crippen LogP contribution >= 0.6 is 0 Å². The molecule has 0 bridgehead atoms. The van der Waals surface area contributed by atoms with E-state index in [1.54, 1.807) is 26.0 Å². The molecule has 1 aliphatic rings. The molecule has 3 aromatic rings. The van der Waals surface area contributed by atoms with Gasteiger partial charge in [0.15, 0.2) is 0 Å². The fourth-order valence-electron chi connectivity index (χ4n) is 3.33. The number of aromatic nitrogens is 1. The van der Waals surface area contributed by atoms with Crippen molar-refractivity contribution in [1.29, 1.82) is 0 Å². The van der Waals surface area contributed by atoms with Crippen LogP contribution in [0.3, 0.4) is 0 Å². The Balaban J connectivity index is 0.000000182. The van der Waals surface area contributed by atoms with Crippen LogP contribution in [0.15, 0.2) is 89.7 Å². The van der Waals surface area contributed by atoms with Crippen molar-refractivity contribution in [1.82, 2.24) is 9.47 Å². The number of esters is 1. The smallest absolute Gasteiger partial charge is 0.326 e. The van der Waals surface area contributed by atoms with Crippen molar-refractivity contribution >= 4 is 5.97 Å². The molecular formula is C27H34N2O3. The lowest BCUT2D eigenvalue weighted by Gasteiger charge is -2.13. The van der Waals surface area contributed by atoms with Crippen molar-refractivity contribution in [2.75, 3.05) is 19.7 Å². The zero-order valence-corrected chi connectivity index (χ0v) is 19.2. The van der Waals surface area contributed by atoms with Gasteiger partial charge in [0, 0.05) is 18.3 Å². The molecule has 1 saturated heterocycles. The SMILES string of the molecule is CCOC(=O)Cn1c(C)cccc1=O.c1ccc(CN2CCCC2)cc1.c1ccccc1. The van der Waals surface area contributed by atoms with Gasteiger partial charge >= 0.3 is 5.97 Å². The number of pyridine rings is 1. The number of nitrogens with zero attached hydrogens (tertiary/aromatic N) is 2. The van der Waals surface area contributed by atoms with Crippen LogP contribution in [0.1, 0.15) is 31.0 Å². The summed E-state index contributed by atoms with van der Waals surface area (Å²) in [5.74, 6) is -0.385. The first-order valence-electron chi connectivity index (χ1n) is 11.2. The minimum Gasteiger partial charge on any atom is -0.465 e. The van der Waals surface area contributed by atoms with E-state index in [0.717, 1.165) is 12.2 Å². The highest BCUT2D eigenvalue weighted by molar-refractivity contribution is 5.69. The number of rotatable bonds is 5. The minimum atomic E-state index is -0.385. The van der Waals surface area contributed by atoms with Gasteiger partial charge in [0.25, 0.3) is 5.56 Å². The number of hydrogen-bond donors (Lipinski definition) is 0. The summed E-state index contributed by atoms with van der Waals surface area (Å²) >= 11 is 0. The lowest BCUT2D eigenvalue weighted by Crippen LogP contribution is -2.26.